The lowest BCUT2D eigenvalue weighted by molar-refractivity contribution is -0.142. The Morgan fingerprint density at radius 3 is 2.57 bits per heavy atom. The number of para-hydroxylation sites is 1. The molecule has 1 aromatic carbocycles. The molecule has 23 heavy (non-hydrogen) atoms. The maximum Gasteiger partial charge on any atom is 0.306 e. The Bertz CT molecular complexity index is 521. The maximum absolute atomic E-state index is 11.0. The average molecular weight is 318 g/mol. The quantitative estimate of drug-likeness (QED) is 0.872. The molecule has 2 fully saturated rings. The predicted molar refractivity (Wildman–Crippen MR) is 89.7 cm³/mol. The fraction of sp³-hybridized carbons (Fsp3) is 0.611. The van der Waals surface area contributed by atoms with Gasteiger partial charge in [0.1, 0.15) is 0 Å². The number of hydrogen-bond acceptors (Lipinski definition) is 4. The van der Waals surface area contributed by atoms with Gasteiger partial charge < -0.3 is 20.1 Å². The number of ether oxygens (including phenoxy) is 1. The van der Waals surface area contributed by atoms with E-state index in [1.54, 1.807) is 0 Å². The first-order valence-electron chi connectivity index (χ1n) is 8.61. The lowest BCUT2D eigenvalue weighted by atomic mass is 9.86. The molecule has 1 heterocycles. The summed E-state index contributed by atoms with van der Waals surface area (Å²) >= 11 is 0. The van der Waals surface area contributed by atoms with E-state index in [1.165, 1.54) is 11.3 Å². The van der Waals surface area contributed by atoms with E-state index in [0.29, 0.717) is 6.04 Å². The third-order valence-electron chi connectivity index (χ3n) is 5.00. The zero-order valence-corrected chi connectivity index (χ0v) is 13.5. The van der Waals surface area contributed by atoms with Gasteiger partial charge >= 0.3 is 5.97 Å². The molecule has 0 radical (unpaired) electrons. The Labute approximate surface area is 137 Å². The molecule has 0 unspecified atom stereocenters. The standard InChI is InChI=1S/C18H26N2O3/c21-18(22)14-5-7-16(8-6-14)19-13-15-3-1-2-4-17(15)20-9-11-23-12-10-20/h1-4,14,16,19H,5-13H2,(H,21,22). The van der Waals surface area contributed by atoms with Gasteiger partial charge in [0.15, 0.2) is 0 Å². The van der Waals surface area contributed by atoms with E-state index in [4.69, 9.17) is 9.84 Å². The van der Waals surface area contributed by atoms with Crippen molar-refractivity contribution in [2.45, 2.75) is 38.3 Å². The van der Waals surface area contributed by atoms with Gasteiger partial charge in [-0.25, -0.2) is 0 Å². The molecule has 5 heteroatoms. The van der Waals surface area contributed by atoms with Crippen molar-refractivity contribution in [2.24, 2.45) is 5.92 Å². The van der Waals surface area contributed by atoms with Crippen LogP contribution in [-0.4, -0.2) is 43.4 Å². The van der Waals surface area contributed by atoms with Gasteiger partial charge in [-0.15, -0.1) is 0 Å². The molecule has 126 valence electrons. The number of carboxylic acid groups (broad SMARTS) is 1. The fourth-order valence-electron chi connectivity index (χ4n) is 3.57. The van der Waals surface area contributed by atoms with Crippen LogP contribution in [0.25, 0.3) is 0 Å². The summed E-state index contributed by atoms with van der Waals surface area (Å²) < 4.78 is 5.44. The largest absolute Gasteiger partial charge is 0.481 e. The van der Waals surface area contributed by atoms with Crippen molar-refractivity contribution in [1.82, 2.24) is 5.32 Å². The van der Waals surface area contributed by atoms with E-state index < -0.39 is 5.97 Å². The van der Waals surface area contributed by atoms with E-state index in [0.717, 1.165) is 58.5 Å². The summed E-state index contributed by atoms with van der Waals surface area (Å²) in [6, 6.07) is 8.97. The van der Waals surface area contributed by atoms with E-state index >= 15 is 0 Å². The SMILES string of the molecule is O=C(O)C1CCC(NCc2ccccc2N2CCOCC2)CC1. The number of aliphatic carboxylic acids is 1. The van der Waals surface area contributed by atoms with Gasteiger partial charge in [-0.2, -0.15) is 0 Å². The van der Waals surface area contributed by atoms with Crippen LogP contribution >= 0.6 is 0 Å². The molecule has 0 spiro atoms. The molecule has 0 atom stereocenters. The second kappa shape index (κ2) is 7.79. The second-order valence-electron chi connectivity index (χ2n) is 6.50. The van der Waals surface area contributed by atoms with Gasteiger partial charge in [0.25, 0.3) is 0 Å². The van der Waals surface area contributed by atoms with Gasteiger partial charge in [0.05, 0.1) is 19.1 Å². The highest BCUT2D eigenvalue weighted by Gasteiger charge is 2.25. The lowest BCUT2D eigenvalue weighted by Crippen LogP contribution is -2.38. The second-order valence-corrected chi connectivity index (χ2v) is 6.50. The summed E-state index contributed by atoms with van der Waals surface area (Å²) in [5.41, 5.74) is 2.61. The summed E-state index contributed by atoms with van der Waals surface area (Å²) in [4.78, 5) is 13.4. The normalized spacial score (nSPS) is 25.3. The van der Waals surface area contributed by atoms with Crippen LogP contribution < -0.4 is 10.2 Å². The number of morpholine rings is 1. The molecule has 0 bridgehead atoms. The molecule has 1 saturated carbocycles. The third kappa shape index (κ3) is 4.24. The van der Waals surface area contributed by atoms with Crippen LogP contribution in [-0.2, 0) is 16.1 Å². The van der Waals surface area contributed by atoms with Crippen LogP contribution in [0.2, 0.25) is 0 Å². The molecule has 2 aliphatic rings. The Morgan fingerprint density at radius 1 is 1.17 bits per heavy atom. The Hall–Kier alpha value is -1.59. The zero-order valence-electron chi connectivity index (χ0n) is 13.5. The Kier molecular flexibility index (Phi) is 5.51. The van der Waals surface area contributed by atoms with Crippen molar-refractivity contribution in [3.05, 3.63) is 29.8 Å². The van der Waals surface area contributed by atoms with E-state index in [2.05, 4.69) is 34.5 Å². The van der Waals surface area contributed by atoms with Crippen LogP contribution in [0.15, 0.2) is 24.3 Å². The molecule has 1 aliphatic carbocycles. The number of rotatable bonds is 5. The van der Waals surface area contributed by atoms with Crippen molar-refractivity contribution >= 4 is 11.7 Å². The van der Waals surface area contributed by atoms with Gasteiger partial charge in [0.2, 0.25) is 0 Å². The first kappa shape index (κ1) is 16.3. The minimum atomic E-state index is -0.638. The van der Waals surface area contributed by atoms with E-state index in [1.807, 2.05) is 0 Å². The average Bonchev–Trinajstić information content (AvgIpc) is 2.61. The van der Waals surface area contributed by atoms with Crippen LogP contribution in [0.1, 0.15) is 31.2 Å². The zero-order chi connectivity index (χ0) is 16.1. The highest BCUT2D eigenvalue weighted by atomic mass is 16.5. The third-order valence-corrected chi connectivity index (χ3v) is 5.00. The minimum Gasteiger partial charge on any atom is -0.481 e. The first-order chi connectivity index (χ1) is 11.2. The van der Waals surface area contributed by atoms with E-state index in [-0.39, 0.29) is 5.92 Å². The predicted octanol–water partition coefficient (Wildman–Crippen LogP) is 2.26. The lowest BCUT2D eigenvalue weighted by Gasteiger charge is -2.31. The van der Waals surface area contributed by atoms with Crippen molar-refractivity contribution in [3.8, 4) is 0 Å². The molecule has 5 nitrogen and oxygen atoms in total. The highest BCUT2D eigenvalue weighted by Crippen LogP contribution is 2.26. The van der Waals surface area contributed by atoms with Crippen molar-refractivity contribution in [1.29, 1.82) is 0 Å². The first-order valence-corrected chi connectivity index (χ1v) is 8.61. The number of nitrogens with one attached hydrogen (secondary N) is 1. The van der Waals surface area contributed by atoms with Gasteiger partial charge in [-0.3, -0.25) is 4.79 Å². The molecule has 1 saturated heterocycles. The molecule has 2 N–H and O–H groups in total. The van der Waals surface area contributed by atoms with Crippen LogP contribution in [0, 0.1) is 5.92 Å². The number of benzene rings is 1. The fourth-order valence-corrected chi connectivity index (χ4v) is 3.57. The molecular formula is C18H26N2O3. The molecule has 0 aromatic heterocycles. The van der Waals surface area contributed by atoms with E-state index in [9.17, 15) is 4.79 Å². The Balaban J connectivity index is 1.55. The maximum atomic E-state index is 11.0. The topological polar surface area (TPSA) is 61.8 Å². The number of anilines is 1. The number of hydrogen-bond donors (Lipinski definition) is 2. The van der Waals surface area contributed by atoms with Crippen molar-refractivity contribution in [2.75, 3.05) is 31.2 Å². The van der Waals surface area contributed by atoms with Crippen LogP contribution in [0.4, 0.5) is 5.69 Å². The van der Waals surface area contributed by atoms with Gasteiger partial charge in [0, 0.05) is 31.4 Å². The van der Waals surface area contributed by atoms with Crippen molar-refractivity contribution in [3.63, 3.8) is 0 Å². The molecule has 0 amide bonds. The van der Waals surface area contributed by atoms with Crippen molar-refractivity contribution < 1.29 is 14.6 Å². The van der Waals surface area contributed by atoms with Gasteiger partial charge in [-0.1, -0.05) is 18.2 Å². The van der Waals surface area contributed by atoms with Crippen LogP contribution in [0.5, 0.6) is 0 Å². The summed E-state index contributed by atoms with van der Waals surface area (Å²) in [6.07, 6.45) is 3.49. The number of nitrogens with zero attached hydrogens (tertiary/aromatic N) is 1. The Morgan fingerprint density at radius 2 is 1.87 bits per heavy atom. The summed E-state index contributed by atoms with van der Waals surface area (Å²) in [5, 5.41) is 12.7. The smallest absolute Gasteiger partial charge is 0.306 e. The molecule has 1 aliphatic heterocycles. The monoisotopic (exact) mass is 318 g/mol. The molecule has 3 rings (SSSR count). The van der Waals surface area contributed by atoms with Crippen LogP contribution in [0.3, 0.4) is 0 Å². The minimum absolute atomic E-state index is 0.145. The summed E-state index contributed by atoms with van der Waals surface area (Å²) in [7, 11) is 0. The summed E-state index contributed by atoms with van der Waals surface area (Å²) in [5.74, 6) is -0.783. The molecule has 1 aromatic rings. The highest BCUT2D eigenvalue weighted by molar-refractivity contribution is 5.70. The van der Waals surface area contributed by atoms with Gasteiger partial charge in [-0.05, 0) is 37.3 Å². The molecular weight excluding hydrogens is 292 g/mol. The number of carboxylic acids is 1. The number of carbonyl (C=O) groups is 1. The summed E-state index contributed by atoms with van der Waals surface area (Å²) in [6.45, 7) is 4.32.